The van der Waals surface area contributed by atoms with E-state index >= 15 is 0 Å². The Morgan fingerprint density at radius 2 is 2.17 bits per heavy atom. The van der Waals surface area contributed by atoms with E-state index in [1.165, 1.54) is 34.9 Å². The number of primary amides is 1. The molecule has 0 aliphatic carbocycles. The monoisotopic (exact) mass is 456 g/mol. The molecule has 2 amide bonds. The fourth-order valence-electron chi connectivity index (χ4n) is 3.95. The molecule has 0 bridgehead atoms. The zero-order valence-corrected chi connectivity index (χ0v) is 20.2. The molecule has 2 aromatic rings. The zero-order chi connectivity index (χ0) is 21.0. The number of amides is 2. The molecule has 2 N–H and O–H groups in total. The molecule has 1 fully saturated rings. The van der Waals surface area contributed by atoms with Crippen molar-refractivity contribution < 1.29 is 58.7 Å². The number of hydrogen-bond acceptors (Lipinski definition) is 8. The average Bonchev–Trinajstić information content (AvgIpc) is 3.11. The molecule has 152 valence electrons. The Morgan fingerprint density at radius 1 is 1.47 bits per heavy atom. The zero-order valence-electron chi connectivity index (χ0n) is 16.5. The van der Waals surface area contributed by atoms with Gasteiger partial charge in [-0.3, -0.25) is 9.59 Å². The molecule has 12 heteroatoms. The maximum atomic E-state index is 12.3. The van der Waals surface area contributed by atoms with Gasteiger partial charge in [-0.1, -0.05) is 25.6 Å². The first-order valence-electron chi connectivity index (χ1n) is 8.89. The summed E-state index contributed by atoms with van der Waals surface area (Å²) in [5.41, 5.74) is 5.69. The first-order valence-corrected chi connectivity index (χ1v) is 10.5. The van der Waals surface area contributed by atoms with E-state index in [4.69, 9.17) is 5.73 Å². The number of aliphatic carboxylic acids is 1. The number of nitrogens with two attached hydrogens (primary N) is 1. The van der Waals surface area contributed by atoms with Crippen molar-refractivity contribution in [3.8, 4) is 0 Å². The van der Waals surface area contributed by atoms with E-state index in [1.807, 2.05) is 6.92 Å². The third-order valence-corrected chi connectivity index (χ3v) is 7.57. The van der Waals surface area contributed by atoms with Gasteiger partial charge in [0.1, 0.15) is 5.52 Å². The SMILES string of the molecule is CC([O-])C1C(=O)N2C(C(=O)[O-])=C(Sc3nc4c[n+](CC(N)=O)ccc4s3)C(C)C12.[Na+]. The molecule has 0 spiro atoms. The fraction of sp³-hybridized carbons (Fsp3) is 0.389. The molecular formula is C18H17N4NaO5S2. The molecule has 9 nitrogen and oxygen atoms in total. The second-order valence-electron chi connectivity index (χ2n) is 7.13. The minimum Gasteiger partial charge on any atom is -0.852 e. The van der Waals surface area contributed by atoms with Crippen molar-refractivity contribution >= 4 is 51.1 Å². The molecule has 4 heterocycles. The van der Waals surface area contributed by atoms with Crippen LogP contribution in [0, 0.1) is 11.8 Å². The summed E-state index contributed by atoms with van der Waals surface area (Å²) in [6.45, 7) is 3.26. The topological polar surface area (TPSA) is 143 Å². The van der Waals surface area contributed by atoms with Gasteiger partial charge in [-0.05, 0) is 0 Å². The summed E-state index contributed by atoms with van der Waals surface area (Å²) in [6, 6.07) is 1.34. The summed E-state index contributed by atoms with van der Waals surface area (Å²) in [6.07, 6.45) is 2.30. The number of thioether (sulfide) groups is 1. The fourth-order valence-corrected chi connectivity index (χ4v) is 6.25. The number of carboxylic acid groups (broad SMARTS) is 1. The van der Waals surface area contributed by atoms with E-state index in [0.29, 0.717) is 14.8 Å². The molecule has 4 atom stereocenters. The largest absolute Gasteiger partial charge is 1.00 e. The Bertz CT molecular complexity index is 1090. The number of nitrogens with zero attached hydrogens (tertiary/aromatic N) is 3. The molecule has 2 aromatic heterocycles. The van der Waals surface area contributed by atoms with Gasteiger partial charge in [-0.25, -0.2) is 4.98 Å². The second kappa shape index (κ2) is 8.56. The van der Waals surface area contributed by atoms with Crippen LogP contribution >= 0.6 is 23.1 Å². The van der Waals surface area contributed by atoms with E-state index in [9.17, 15) is 24.6 Å². The summed E-state index contributed by atoms with van der Waals surface area (Å²) in [4.78, 5) is 41.4. The first kappa shape index (κ1) is 23.2. The maximum absolute atomic E-state index is 12.3. The molecule has 30 heavy (non-hydrogen) atoms. The van der Waals surface area contributed by atoms with Crippen LogP contribution in [0.4, 0.5) is 0 Å². The Hall–Kier alpha value is -1.50. The van der Waals surface area contributed by atoms with Gasteiger partial charge in [0.25, 0.3) is 5.91 Å². The molecule has 0 saturated carbocycles. The predicted molar refractivity (Wildman–Crippen MR) is 99.6 cm³/mol. The van der Waals surface area contributed by atoms with Crippen LogP contribution in [0.1, 0.15) is 13.8 Å². The van der Waals surface area contributed by atoms with E-state index in [1.54, 1.807) is 23.0 Å². The summed E-state index contributed by atoms with van der Waals surface area (Å²) < 4.78 is 3.08. The second-order valence-corrected chi connectivity index (χ2v) is 9.45. The van der Waals surface area contributed by atoms with Crippen molar-refractivity contribution in [3.63, 3.8) is 0 Å². The van der Waals surface area contributed by atoms with Crippen LogP contribution in [-0.2, 0) is 20.9 Å². The summed E-state index contributed by atoms with van der Waals surface area (Å²) in [5, 5.41) is 23.7. The van der Waals surface area contributed by atoms with Crippen molar-refractivity contribution in [3.05, 3.63) is 29.1 Å². The normalized spacial score (nSPS) is 23.8. The summed E-state index contributed by atoms with van der Waals surface area (Å²) in [5.74, 6) is -3.41. The van der Waals surface area contributed by atoms with Crippen molar-refractivity contribution in [2.75, 3.05) is 0 Å². The number of aromatic nitrogens is 2. The van der Waals surface area contributed by atoms with Crippen LogP contribution in [0.25, 0.3) is 10.2 Å². The standard InChI is InChI=1S/C18H18N4O5S2.Na/c1-7-13-12(8(2)23)16(25)22(13)14(17(26)27)15(7)29-18-20-9-5-21(6-11(19)24)4-3-10(9)28-18;/h3-5,7-8,12-13H,6H2,1-2H3,(H2,19,24)(H,26,27);/q;+1/p-1. The van der Waals surface area contributed by atoms with Crippen LogP contribution in [0.2, 0.25) is 0 Å². The van der Waals surface area contributed by atoms with Gasteiger partial charge in [-0.2, -0.15) is 4.57 Å². The summed E-state index contributed by atoms with van der Waals surface area (Å²) >= 11 is 2.54. The molecule has 0 aromatic carbocycles. The molecule has 2 aliphatic heterocycles. The average molecular weight is 456 g/mol. The molecule has 4 unspecified atom stereocenters. The van der Waals surface area contributed by atoms with E-state index in [-0.39, 0.29) is 47.7 Å². The number of fused-ring (bicyclic) bond motifs is 2. The summed E-state index contributed by atoms with van der Waals surface area (Å²) in [7, 11) is 0. The van der Waals surface area contributed by atoms with Gasteiger partial charge in [0.2, 0.25) is 12.5 Å². The number of thiazole rings is 1. The number of pyridine rings is 1. The number of carboxylic acids is 1. The number of β-lactam (4-membered cyclic amide) rings is 1. The van der Waals surface area contributed by atoms with Crippen molar-refractivity contribution in [1.29, 1.82) is 0 Å². The van der Waals surface area contributed by atoms with Crippen LogP contribution in [0.3, 0.4) is 0 Å². The minimum absolute atomic E-state index is 0. The van der Waals surface area contributed by atoms with Gasteiger partial charge in [-0.15, -0.1) is 17.4 Å². The Labute approximate surface area is 202 Å². The number of hydrogen-bond donors (Lipinski definition) is 1. The minimum atomic E-state index is -1.44. The molecule has 4 rings (SSSR count). The first-order chi connectivity index (χ1) is 13.7. The van der Waals surface area contributed by atoms with Gasteiger partial charge >= 0.3 is 29.6 Å². The Kier molecular flexibility index (Phi) is 6.61. The smallest absolute Gasteiger partial charge is 0.852 e. The maximum Gasteiger partial charge on any atom is 1.00 e. The molecule has 0 radical (unpaired) electrons. The van der Waals surface area contributed by atoms with E-state index in [2.05, 4.69) is 4.98 Å². The predicted octanol–water partition coefficient (Wildman–Crippen LogP) is -4.65. The van der Waals surface area contributed by atoms with Gasteiger partial charge < -0.3 is 25.6 Å². The number of carbonyl (C=O) groups excluding carboxylic acids is 3. The molecule has 2 aliphatic rings. The van der Waals surface area contributed by atoms with E-state index < -0.39 is 35.8 Å². The Morgan fingerprint density at radius 3 is 2.77 bits per heavy atom. The van der Waals surface area contributed by atoms with Gasteiger partial charge in [0.05, 0.1) is 22.4 Å². The number of rotatable bonds is 6. The molecular weight excluding hydrogens is 439 g/mol. The Balaban J connectivity index is 0.00000256. The van der Waals surface area contributed by atoms with Crippen LogP contribution in [0.15, 0.2) is 33.4 Å². The van der Waals surface area contributed by atoms with Crippen molar-refractivity contribution in [2.45, 2.75) is 36.9 Å². The molecule has 1 saturated heterocycles. The van der Waals surface area contributed by atoms with Crippen molar-refractivity contribution in [2.24, 2.45) is 17.6 Å². The van der Waals surface area contributed by atoms with Gasteiger partial charge in [0.15, 0.2) is 16.7 Å². The quantitative estimate of drug-likeness (QED) is 0.262. The van der Waals surface area contributed by atoms with Crippen LogP contribution in [-0.4, -0.2) is 39.8 Å². The van der Waals surface area contributed by atoms with Crippen LogP contribution < -0.4 is 50.1 Å². The van der Waals surface area contributed by atoms with E-state index in [0.717, 1.165) is 4.70 Å². The van der Waals surface area contributed by atoms with Crippen LogP contribution in [0.5, 0.6) is 0 Å². The third kappa shape index (κ3) is 3.78. The van der Waals surface area contributed by atoms with Gasteiger partial charge in [0, 0.05) is 22.8 Å². The third-order valence-electron chi connectivity index (χ3n) is 5.19. The number of carbonyl (C=O) groups is 3. The van der Waals surface area contributed by atoms with Crippen molar-refractivity contribution in [1.82, 2.24) is 9.88 Å².